The van der Waals surface area contributed by atoms with Gasteiger partial charge in [0.05, 0.1) is 0 Å². The van der Waals surface area contributed by atoms with Crippen molar-refractivity contribution < 1.29 is 14.8 Å². The normalized spacial score (nSPS) is 13.4. The molecule has 4 nitrogen and oxygen atoms in total. The first-order valence-corrected chi connectivity index (χ1v) is 8.72. The second kappa shape index (κ2) is 7.46. The molecular formula is C21H29NO3. The third-order valence-corrected chi connectivity index (χ3v) is 4.11. The Balaban J connectivity index is 2.07. The van der Waals surface area contributed by atoms with E-state index in [1.165, 1.54) is 0 Å². The van der Waals surface area contributed by atoms with Crippen molar-refractivity contribution in [2.75, 3.05) is 0 Å². The Kier molecular flexibility index (Phi) is 5.76. The molecule has 25 heavy (non-hydrogen) atoms. The average molecular weight is 343 g/mol. The van der Waals surface area contributed by atoms with E-state index in [0.717, 1.165) is 23.3 Å². The van der Waals surface area contributed by atoms with Crippen LogP contribution in [0.5, 0.6) is 11.5 Å². The third-order valence-electron chi connectivity index (χ3n) is 4.11. The topological polar surface area (TPSA) is 46.0 Å². The van der Waals surface area contributed by atoms with Crippen LogP contribution in [0.4, 0.5) is 0 Å². The number of hydrogen-bond donors (Lipinski definition) is 1. The van der Waals surface area contributed by atoms with E-state index in [1.54, 1.807) is 0 Å². The predicted octanol–water partition coefficient (Wildman–Crippen LogP) is 4.40. The van der Waals surface area contributed by atoms with Crippen LogP contribution in [0.3, 0.4) is 0 Å². The second-order valence-electron chi connectivity index (χ2n) is 7.90. The lowest BCUT2D eigenvalue weighted by atomic mass is 10.0. The lowest BCUT2D eigenvalue weighted by molar-refractivity contribution is -1.06. The van der Waals surface area contributed by atoms with Crippen LogP contribution in [0, 0.1) is 5.21 Å². The summed E-state index contributed by atoms with van der Waals surface area (Å²) < 4.78 is 5.98. The van der Waals surface area contributed by atoms with Gasteiger partial charge in [-0.25, -0.2) is 0 Å². The van der Waals surface area contributed by atoms with E-state index in [9.17, 15) is 5.21 Å². The molecule has 0 amide bonds. The molecule has 0 saturated heterocycles. The fraction of sp³-hybridized carbons (Fsp3) is 0.429. The van der Waals surface area contributed by atoms with Crippen LogP contribution in [-0.4, -0.2) is 11.1 Å². The molecule has 1 N–H and O–H groups in total. The van der Waals surface area contributed by atoms with Crippen molar-refractivity contribution in [3.05, 3.63) is 53.7 Å². The molecule has 0 spiro atoms. The summed E-state index contributed by atoms with van der Waals surface area (Å²) in [7, 11) is 0. The lowest BCUT2D eigenvalue weighted by Crippen LogP contribution is -3.16. The first-order chi connectivity index (χ1) is 11.6. The number of hydroxylamine groups is 2. The average Bonchev–Trinajstić information content (AvgIpc) is 2.55. The van der Waals surface area contributed by atoms with Crippen LogP contribution in [0.1, 0.15) is 48.0 Å². The van der Waals surface area contributed by atoms with E-state index in [1.807, 2.05) is 69.3 Å². The smallest absolute Gasteiger partial charge is 0.190 e. The van der Waals surface area contributed by atoms with E-state index in [2.05, 4.69) is 20.8 Å². The molecule has 0 saturated carbocycles. The highest BCUT2D eigenvalue weighted by Crippen LogP contribution is 2.26. The van der Waals surface area contributed by atoms with Gasteiger partial charge in [-0.3, -0.25) is 0 Å². The van der Waals surface area contributed by atoms with Gasteiger partial charge >= 0.3 is 0 Å². The molecule has 1 atom stereocenters. The maximum absolute atomic E-state index is 11.9. The summed E-state index contributed by atoms with van der Waals surface area (Å²) in [5, 5.41) is 11.7. The zero-order valence-electron chi connectivity index (χ0n) is 16.1. The zero-order chi connectivity index (χ0) is 18.7. The lowest BCUT2D eigenvalue weighted by Gasteiger charge is -2.32. The van der Waals surface area contributed by atoms with Crippen LogP contribution in [-0.2, 0) is 0 Å². The largest absolute Gasteiger partial charge is 0.590 e. The SMILES string of the molecule is CCC(C)(C)Oc1ccc(-c2ccc(O[NH+]([O-])C(C)(C)C)cc2)cc1. The van der Waals surface area contributed by atoms with Gasteiger partial charge in [0.15, 0.2) is 5.75 Å². The van der Waals surface area contributed by atoms with Crippen molar-refractivity contribution >= 4 is 0 Å². The van der Waals surface area contributed by atoms with Crippen LogP contribution >= 0.6 is 0 Å². The minimum atomic E-state index is -0.513. The van der Waals surface area contributed by atoms with Crippen molar-refractivity contribution in [2.24, 2.45) is 0 Å². The molecule has 2 aromatic carbocycles. The molecule has 2 aromatic rings. The Bertz CT molecular complexity index is 670. The molecule has 4 heteroatoms. The van der Waals surface area contributed by atoms with Gasteiger partial charge in [-0.1, -0.05) is 31.2 Å². The number of rotatable bonds is 6. The molecule has 1 unspecified atom stereocenters. The molecule has 0 fully saturated rings. The highest BCUT2D eigenvalue weighted by Gasteiger charge is 2.20. The molecule has 0 aromatic heterocycles. The van der Waals surface area contributed by atoms with Gasteiger partial charge in [0.1, 0.15) is 16.9 Å². The summed E-state index contributed by atoms with van der Waals surface area (Å²) in [6.45, 7) is 11.8. The maximum Gasteiger partial charge on any atom is 0.190 e. The van der Waals surface area contributed by atoms with Gasteiger partial charge in [0.25, 0.3) is 0 Å². The van der Waals surface area contributed by atoms with Crippen LogP contribution in [0.2, 0.25) is 0 Å². The Hall–Kier alpha value is -2.04. The number of benzene rings is 2. The summed E-state index contributed by atoms with van der Waals surface area (Å²) in [6.07, 6.45) is 0.948. The molecule has 0 bridgehead atoms. The van der Waals surface area contributed by atoms with E-state index in [-0.39, 0.29) is 10.8 Å². The van der Waals surface area contributed by atoms with Crippen LogP contribution in [0.25, 0.3) is 11.1 Å². The van der Waals surface area contributed by atoms with Gasteiger partial charge in [-0.2, -0.15) is 5.23 Å². The van der Waals surface area contributed by atoms with Crippen LogP contribution < -0.4 is 14.8 Å². The first kappa shape index (κ1) is 19.3. The molecule has 2 rings (SSSR count). The van der Waals surface area contributed by atoms with Crippen molar-refractivity contribution in [3.8, 4) is 22.6 Å². The molecule has 0 radical (unpaired) electrons. The Morgan fingerprint density at radius 2 is 1.24 bits per heavy atom. The maximum atomic E-state index is 11.9. The fourth-order valence-corrected chi connectivity index (χ4v) is 2.08. The van der Waals surface area contributed by atoms with Gasteiger partial charge < -0.3 is 14.8 Å². The van der Waals surface area contributed by atoms with Crippen molar-refractivity contribution in [1.82, 2.24) is 0 Å². The molecule has 0 aliphatic carbocycles. The van der Waals surface area contributed by atoms with E-state index in [4.69, 9.17) is 9.57 Å². The van der Waals surface area contributed by atoms with Crippen molar-refractivity contribution in [1.29, 1.82) is 0 Å². The molecule has 0 aliphatic heterocycles. The molecule has 136 valence electrons. The highest BCUT2D eigenvalue weighted by molar-refractivity contribution is 5.64. The van der Waals surface area contributed by atoms with Crippen LogP contribution in [0.15, 0.2) is 48.5 Å². The standard InChI is InChI=1S/C21H29NO3/c1-7-21(5,6)24-18-12-8-16(9-13-18)17-10-14-19(15-11-17)25-22(23)20(2,3)4/h8-15,22H,7H2,1-6H3. The fourth-order valence-electron chi connectivity index (χ4n) is 2.08. The molecule has 0 aliphatic rings. The Morgan fingerprint density at radius 1 is 0.800 bits per heavy atom. The van der Waals surface area contributed by atoms with E-state index >= 15 is 0 Å². The van der Waals surface area contributed by atoms with Crippen molar-refractivity contribution in [3.63, 3.8) is 0 Å². The predicted molar refractivity (Wildman–Crippen MR) is 102 cm³/mol. The summed E-state index contributed by atoms with van der Waals surface area (Å²) in [6, 6.07) is 15.6. The van der Waals surface area contributed by atoms with E-state index < -0.39 is 5.54 Å². The third kappa shape index (κ3) is 5.48. The zero-order valence-corrected chi connectivity index (χ0v) is 16.1. The number of nitrogens with one attached hydrogen (secondary N) is 1. The molecule has 0 heterocycles. The monoisotopic (exact) mass is 343 g/mol. The van der Waals surface area contributed by atoms with Gasteiger partial charge in [0.2, 0.25) is 0 Å². The highest BCUT2D eigenvalue weighted by atomic mass is 16.9. The summed E-state index contributed by atoms with van der Waals surface area (Å²) >= 11 is 0. The number of quaternary nitrogens is 1. The molecular weight excluding hydrogens is 314 g/mol. The summed E-state index contributed by atoms with van der Waals surface area (Å²) in [5.74, 6) is 1.43. The summed E-state index contributed by atoms with van der Waals surface area (Å²) in [5.41, 5.74) is 1.48. The van der Waals surface area contributed by atoms with Gasteiger partial charge in [0, 0.05) is 0 Å². The Labute approximate surface area is 150 Å². The quantitative estimate of drug-likeness (QED) is 0.791. The minimum Gasteiger partial charge on any atom is -0.590 e. The van der Waals surface area contributed by atoms with Crippen molar-refractivity contribution in [2.45, 2.75) is 59.1 Å². The van der Waals surface area contributed by atoms with Gasteiger partial charge in [-0.15, -0.1) is 0 Å². The second-order valence-corrected chi connectivity index (χ2v) is 7.90. The first-order valence-electron chi connectivity index (χ1n) is 8.72. The minimum absolute atomic E-state index is 0.167. The summed E-state index contributed by atoms with van der Waals surface area (Å²) in [4.78, 5) is 5.40. The van der Waals surface area contributed by atoms with Gasteiger partial charge in [-0.05, 0) is 76.4 Å². The number of hydrogen-bond acceptors (Lipinski definition) is 3. The van der Waals surface area contributed by atoms with E-state index in [0.29, 0.717) is 5.75 Å². The number of ether oxygens (including phenoxy) is 1. The Morgan fingerprint density at radius 3 is 1.64 bits per heavy atom.